The zero-order chi connectivity index (χ0) is 22.8. The predicted molar refractivity (Wildman–Crippen MR) is 132 cm³/mol. The summed E-state index contributed by atoms with van der Waals surface area (Å²) in [7, 11) is 0. The minimum Gasteiger partial charge on any atom is -0.265 e. The molecule has 0 saturated carbocycles. The van der Waals surface area contributed by atoms with Crippen LogP contribution in [0.3, 0.4) is 0 Å². The zero-order valence-corrected chi connectivity index (χ0v) is 21.2. The van der Waals surface area contributed by atoms with Crippen LogP contribution in [-0.2, 0) is 0 Å². The van der Waals surface area contributed by atoms with Crippen LogP contribution in [0.1, 0.15) is 105 Å². The molecule has 30 heavy (non-hydrogen) atoms. The van der Waals surface area contributed by atoms with Gasteiger partial charge in [0.15, 0.2) is 0 Å². The van der Waals surface area contributed by atoms with Crippen LogP contribution in [0.4, 0.5) is 0 Å². The first-order valence-electron chi connectivity index (χ1n) is 11.6. The van der Waals surface area contributed by atoms with Crippen molar-refractivity contribution in [2.24, 2.45) is 21.7 Å². The molecule has 1 nitrogen and oxygen atoms in total. The van der Waals surface area contributed by atoms with Crippen LogP contribution < -0.4 is 0 Å². The van der Waals surface area contributed by atoms with Crippen LogP contribution in [0.25, 0.3) is 0 Å². The number of aromatic nitrogens is 1. The lowest BCUT2D eigenvalue weighted by molar-refractivity contribution is 0.0305. The van der Waals surface area contributed by atoms with Gasteiger partial charge in [-0.15, -0.1) is 0 Å². The molecular formula is C29H45N. The molecule has 0 aliphatic heterocycles. The lowest BCUT2D eigenvalue weighted by atomic mass is 9.53. The molecule has 0 fully saturated rings. The van der Waals surface area contributed by atoms with E-state index in [1.54, 1.807) is 0 Å². The van der Waals surface area contributed by atoms with Gasteiger partial charge < -0.3 is 0 Å². The Bertz CT molecular complexity index is 773. The largest absolute Gasteiger partial charge is 0.265 e. The summed E-state index contributed by atoms with van der Waals surface area (Å²) in [5.74, 6) is 0.993. The molecule has 2 unspecified atom stereocenters. The van der Waals surface area contributed by atoms with Gasteiger partial charge in [0, 0.05) is 12.4 Å². The first kappa shape index (κ1) is 24.6. The maximum Gasteiger partial charge on any atom is 0.0270 e. The van der Waals surface area contributed by atoms with Crippen LogP contribution in [0, 0.1) is 21.7 Å². The van der Waals surface area contributed by atoms with Gasteiger partial charge in [-0.1, -0.05) is 99.6 Å². The Labute approximate surface area is 186 Å². The molecule has 0 amide bonds. The average molecular weight is 408 g/mol. The Morgan fingerprint density at radius 2 is 1.13 bits per heavy atom. The predicted octanol–water partition coefficient (Wildman–Crippen LogP) is 8.87. The van der Waals surface area contributed by atoms with Gasteiger partial charge in [-0.2, -0.15) is 0 Å². The van der Waals surface area contributed by atoms with Gasteiger partial charge in [0.1, 0.15) is 0 Å². The lowest BCUT2D eigenvalue weighted by Gasteiger charge is -2.51. The van der Waals surface area contributed by atoms with Crippen LogP contribution >= 0.6 is 0 Å². The van der Waals surface area contributed by atoms with E-state index < -0.39 is 0 Å². The topological polar surface area (TPSA) is 12.9 Å². The molecule has 1 aromatic heterocycles. The van der Waals surface area contributed by atoms with Crippen LogP contribution in [-0.4, -0.2) is 4.98 Å². The number of benzene rings is 1. The van der Waals surface area contributed by atoms with Gasteiger partial charge >= 0.3 is 0 Å². The molecule has 0 saturated heterocycles. The van der Waals surface area contributed by atoms with Crippen molar-refractivity contribution in [3.05, 3.63) is 66.0 Å². The second-order valence-electron chi connectivity index (χ2n) is 12.7. The van der Waals surface area contributed by atoms with Gasteiger partial charge in [-0.05, 0) is 69.6 Å². The first-order chi connectivity index (χ1) is 13.7. The van der Waals surface area contributed by atoms with E-state index in [2.05, 4.69) is 117 Å². The summed E-state index contributed by atoms with van der Waals surface area (Å²) in [5, 5.41) is 0. The Kier molecular flexibility index (Phi) is 7.27. The van der Waals surface area contributed by atoms with Gasteiger partial charge in [-0.3, -0.25) is 4.98 Å². The fraction of sp³-hybridized carbons (Fsp3) is 0.621. The lowest BCUT2D eigenvalue weighted by Crippen LogP contribution is -2.41. The number of hydrogen-bond donors (Lipinski definition) is 0. The normalized spacial score (nSPS) is 15.7. The van der Waals surface area contributed by atoms with Crippen molar-refractivity contribution >= 4 is 0 Å². The van der Waals surface area contributed by atoms with Crippen LogP contribution in [0.2, 0.25) is 0 Å². The van der Waals surface area contributed by atoms with Crippen molar-refractivity contribution in [3.8, 4) is 0 Å². The Morgan fingerprint density at radius 3 is 1.60 bits per heavy atom. The molecule has 2 rings (SSSR count). The second kappa shape index (κ2) is 8.85. The molecule has 1 heteroatoms. The molecule has 2 aromatic rings. The molecule has 1 aromatic carbocycles. The molecule has 0 N–H and O–H groups in total. The van der Waals surface area contributed by atoms with Gasteiger partial charge in [0.05, 0.1) is 0 Å². The molecule has 166 valence electrons. The molecule has 2 atom stereocenters. The Balaban J connectivity index is 2.47. The molecule has 0 spiro atoms. The second-order valence-corrected chi connectivity index (χ2v) is 12.7. The number of rotatable bonds is 7. The van der Waals surface area contributed by atoms with Gasteiger partial charge in [0.25, 0.3) is 0 Å². The minimum atomic E-state index is 0.125. The summed E-state index contributed by atoms with van der Waals surface area (Å²) < 4.78 is 0. The maximum absolute atomic E-state index is 4.29. The Morgan fingerprint density at radius 1 is 0.633 bits per heavy atom. The molecular weight excluding hydrogens is 362 g/mol. The van der Waals surface area contributed by atoms with Crippen molar-refractivity contribution in [2.75, 3.05) is 0 Å². The average Bonchev–Trinajstić information content (AvgIpc) is 2.64. The van der Waals surface area contributed by atoms with E-state index >= 15 is 0 Å². The SMILES string of the molecule is CC(C)(C)CC(c1ccncc1)C(C)(C)C(C)(C)CC(c1ccccc1)C(C)(C)C. The summed E-state index contributed by atoms with van der Waals surface area (Å²) in [6.07, 6.45) is 6.24. The zero-order valence-electron chi connectivity index (χ0n) is 21.2. The van der Waals surface area contributed by atoms with E-state index in [0.29, 0.717) is 11.8 Å². The van der Waals surface area contributed by atoms with Crippen molar-refractivity contribution in [1.82, 2.24) is 4.98 Å². The van der Waals surface area contributed by atoms with E-state index in [1.165, 1.54) is 24.0 Å². The highest BCUT2D eigenvalue weighted by Gasteiger charge is 2.47. The molecule has 0 bridgehead atoms. The molecule has 0 radical (unpaired) electrons. The van der Waals surface area contributed by atoms with Gasteiger partial charge in [0.2, 0.25) is 0 Å². The van der Waals surface area contributed by atoms with E-state index in [0.717, 1.165) is 0 Å². The third kappa shape index (κ3) is 5.96. The fourth-order valence-corrected chi connectivity index (χ4v) is 4.85. The molecule has 0 aliphatic rings. The smallest absolute Gasteiger partial charge is 0.0270 e. The van der Waals surface area contributed by atoms with Crippen LogP contribution in [0.15, 0.2) is 54.9 Å². The standard InChI is InChI=1S/C29H45N/c1-26(2,3)20-25(23-16-18-30-19-17-23)29(9,10)28(7,8)21-24(27(4,5)6)22-14-12-11-13-15-22/h11-19,24-25H,20-21H2,1-10H3. The maximum atomic E-state index is 4.29. The highest BCUT2D eigenvalue weighted by molar-refractivity contribution is 5.24. The Hall–Kier alpha value is -1.63. The highest BCUT2D eigenvalue weighted by Crippen LogP contribution is 2.57. The minimum absolute atomic E-state index is 0.125. The number of pyridine rings is 1. The first-order valence-corrected chi connectivity index (χ1v) is 11.6. The highest BCUT2D eigenvalue weighted by atomic mass is 14.6. The van der Waals surface area contributed by atoms with Crippen LogP contribution in [0.5, 0.6) is 0 Å². The fourth-order valence-electron chi connectivity index (χ4n) is 4.85. The summed E-state index contributed by atoms with van der Waals surface area (Å²) in [6, 6.07) is 15.6. The van der Waals surface area contributed by atoms with Gasteiger partial charge in [-0.25, -0.2) is 0 Å². The third-order valence-electron chi connectivity index (χ3n) is 7.50. The molecule has 1 heterocycles. The van der Waals surface area contributed by atoms with Crippen molar-refractivity contribution in [1.29, 1.82) is 0 Å². The summed E-state index contributed by atoms with van der Waals surface area (Å²) in [6.45, 7) is 24.3. The number of nitrogens with zero attached hydrogens (tertiary/aromatic N) is 1. The van der Waals surface area contributed by atoms with E-state index in [1.807, 2.05) is 12.4 Å². The monoisotopic (exact) mass is 407 g/mol. The molecule has 0 aliphatic carbocycles. The third-order valence-corrected chi connectivity index (χ3v) is 7.50. The summed E-state index contributed by atoms with van der Waals surface area (Å²) in [5.41, 5.74) is 3.64. The summed E-state index contributed by atoms with van der Waals surface area (Å²) >= 11 is 0. The van der Waals surface area contributed by atoms with Crippen molar-refractivity contribution < 1.29 is 0 Å². The van der Waals surface area contributed by atoms with Crippen molar-refractivity contribution in [3.63, 3.8) is 0 Å². The quantitative estimate of drug-likeness (QED) is 0.446. The summed E-state index contributed by atoms with van der Waals surface area (Å²) in [4.78, 5) is 4.29. The van der Waals surface area contributed by atoms with E-state index in [4.69, 9.17) is 0 Å². The van der Waals surface area contributed by atoms with E-state index in [9.17, 15) is 0 Å². The van der Waals surface area contributed by atoms with Crippen molar-refractivity contribution in [2.45, 2.75) is 93.9 Å². The van der Waals surface area contributed by atoms with E-state index in [-0.39, 0.29) is 21.7 Å². The number of hydrogen-bond acceptors (Lipinski definition) is 1.